The third kappa shape index (κ3) is 33.8. The van der Waals surface area contributed by atoms with Crippen LogP contribution in [0.3, 0.4) is 0 Å². The third-order valence-corrected chi connectivity index (χ3v) is 11.9. The van der Waals surface area contributed by atoms with E-state index in [1.165, 1.54) is 141 Å². The van der Waals surface area contributed by atoms with Crippen molar-refractivity contribution < 1.29 is 56.8 Å². The molecule has 1 aliphatic heterocycles. The van der Waals surface area contributed by atoms with Gasteiger partial charge in [0.15, 0.2) is 12.4 Å². The zero-order chi connectivity index (χ0) is 42.7. The molecular weight excluding hydrogens is 788 g/mol. The van der Waals surface area contributed by atoms with Crippen molar-refractivity contribution in [2.45, 2.75) is 256 Å². The molecule has 1 aliphatic rings. The third-order valence-electron chi connectivity index (χ3n) is 11.2. The molecule has 0 saturated carbocycles. The van der Waals surface area contributed by atoms with Gasteiger partial charge in [0.05, 0.1) is 6.61 Å². The average Bonchev–Trinajstić information content (AvgIpc) is 3.18. The summed E-state index contributed by atoms with van der Waals surface area (Å²) in [5, 5.41) is 30.9. The number of ether oxygens (including phenoxy) is 4. The van der Waals surface area contributed by atoms with Crippen LogP contribution in [-0.4, -0.2) is 126 Å². The Kier molecular flexibility index (Phi) is 39.0. The molecule has 14 heteroatoms. The quantitative estimate of drug-likeness (QED) is 0.0198. The van der Waals surface area contributed by atoms with Gasteiger partial charge in [0.2, 0.25) is 0 Å². The van der Waals surface area contributed by atoms with Crippen molar-refractivity contribution in [3.63, 3.8) is 0 Å². The van der Waals surface area contributed by atoms with Crippen LogP contribution in [0, 0.1) is 0 Å². The fraction of sp³-hybridized carbons (Fsp3) is 0.956. The van der Waals surface area contributed by atoms with Gasteiger partial charge in [-0.3, -0.25) is 14.1 Å². The first-order valence-electron chi connectivity index (χ1n) is 23.6. The number of hydrogen-bond acceptors (Lipinski definition) is 11. The van der Waals surface area contributed by atoms with Gasteiger partial charge in [-0.25, -0.2) is 0 Å². The van der Waals surface area contributed by atoms with Crippen LogP contribution in [0.15, 0.2) is 0 Å². The molecular formula is C45H86NaO12S. The smallest absolute Gasteiger partial charge is 0.306 e. The molecule has 12 nitrogen and oxygen atoms in total. The number of aliphatic hydroxyl groups is 3. The molecule has 1 saturated heterocycles. The van der Waals surface area contributed by atoms with Crippen LogP contribution in [0.5, 0.6) is 0 Å². The van der Waals surface area contributed by atoms with E-state index in [0.717, 1.165) is 38.5 Å². The molecule has 0 aromatic rings. The number of carbonyl (C=O) groups is 2. The maximum absolute atomic E-state index is 12.8. The minimum Gasteiger partial charge on any atom is -0.462 e. The maximum atomic E-state index is 12.8. The van der Waals surface area contributed by atoms with Crippen molar-refractivity contribution in [2.24, 2.45) is 0 Å². The Labute approximate surface area is 381 Å². The summed E-state index contributed by atoms with van der Waals surface area (Å²) in [4.78, 5) is 25.4. The minimum absolute atomic E-state index is 0. The molecule has 0 aliphatic carbocycles. The average molecular weight is 874 g/mol. The van der Waals surface area contributed by atoms with Crippen molar-refractivity contribution in [3.05, 3.63) is 0 Å². The van der Waals surface area contributed by atoms with Gasteiger partial charge in [0.1, 0.15) is 36.8 Å². The summed E-state index contributed by atoms with van der Waals surface area (Å²) < 4.78 is 54.1. The van der Waals surface area contributed by atoms with E-state index >= 15 is 0 Å². The Bertz CT molecular complexity index is 1100. The van der Waals surface area contributed by atoms with Crippen LogP contribution in [0.2, 0.25) is 0 Å². The molecule has 1 fully saturated rings. The van der Waals surface area contributed by atoms with Crippen LogP contribution in [0.4, 0.5) is 0 Å². The number of carbonyl (C=O) groups excluding carboxylic acids is 2. The summed E-state index contributed by atoms with van der Waals surface area (Å²) in [7, 11) is -4.60. The molecule has 6 atom stereocenters. The minimum atomic E-state index is -4.60. The van der Waals surface area contributed by atoms with E-state index < -0.39 is 71.2 Å². The van der Waals surface area contributed by atoms with Gasteiger partial charge in [-0.2, -0.15) is 8.42 Å². The number of unbranched alkanes of at least 4 members (excludes halogenated alkanes) is 28. The van der Waals surface area contributed by atoms with Crippen LogP contribution in [0.1, 0.15) is 219 Å². The van der Waals surface area contributed by atoms with E-state index in [2.05, 4.69) is 13.8 Å². The van der Waals surface area contributed by atoms with Gasteiger partial charge in [0, 0.05) is 42.4 Å². The monoisotopic (exact) mass is 874 g/mol. The number of rotatable bonds is 40. The van der Waals surface area contributed by atoms with Crippen LogP contribution >= 0.6 is 0 Å². The first-order valence-corrected chi connectivity index (χ1v) is 25.2. The predicted molar refractivity (Wildman–Crippen MR) is 235 cm³/mol. The molecule has 0 aromatic carbocycles. The van der Waals surface area contributed by atoms with E-state index in [1.807, 2.05) is 0 Å². The molecule has 0 amide bonds. The number of aliphatic hydroxyl groups excluding tert-OH is 3. The zero-order valence-electron chi connectivity index (χ0n) is 37.7. The molecule has 0 aromatic heterocycles. The molecule has 59 heavy (non-hydrogen) atoms. The Balaban J connectivity index is 0.0000336. The van der Waals surface area contributed by atoms with Crippen molar-refractivity contribution in [1.82, 2.24) is 0 Å². The molecule has 4 N–H and O–H groups in total. The van der Waals surface area contributed by atoms with Gasteiger partial charge in [0.25, 0.3) is 10.1 Å². The van der Waals surface area contributed by atoms with Gasteiger partial charge in [-0.1, -0.05) is 194 Å². The Morgan fingerprint density at radius 3 is 1.25 bits per heavy atom. The van der Waals surface area contributed by atoms with Crippen molar-refractivity contribution in [3.8, 4) is 0 Å². The Hall–Kier alpha value is -0.350. The molecule has 0 bridgehead atoms. The topological polar surface area (TPSA) is 186 Å². The van der Waals surface area contributed by atoms with E-state index in [1.54, 1.807) is 0 Å². The SMILES string of the molecule is CCCCCCCCCCCCCCCCCC(=O)OCC(COC1OC(CS(=O)(=O)O)C(O)C(O)C1O)OC(=O)CCCCCCCCCCCCCCCCC.[Na]. The van der Waals surface area contributed by atoms with E-state index in [4.69, 9.17) is 18.9 Å². The molecule has 1 rings (SSSR count). The van der Waals surface area contributed by atoms with Crippen LogP contribution in [0.25, 0.3) is 0 Å². The van der Waals surface area contributed by atoms with Gasteiger partial charge in [-0.15, -0.1) is 0 Å². The number of hydrogen-bond donors (Lipinski definition) is 4. The molecule has 6 unspecified atom stereocenters. The second-order valence-corrected chi connectivity index (χ2v) is 18.3. The van der Waals surface area contributed by atoms with Crippen molar-refractivity contribution in [1.29, 1.82) is 0 Å². The summed E-state index contributed by atoms with van der Waals surface area (Å²) in [6.45, 7) is 3.79. The standard InChI is InChI=1S/C45H86O12S.Na/c1-3-5-7-9-11-13-15-17-19-21-23-25-27-29-31-33-40(46)54-35-38(36-55-45-44(50)43(49)42(48)39(57-45)37-58(51,52)53)56-41(47)34-32-30-28-26-24-22-20-18-16-14-12-10-8-6-4-2;/h38-39,42-45,48-50H,3-37H2,1-2H3,(H,51,52,53);. The van der Waals surface area contributed by atoms with Crippen molar-refractivity contribution in [2.75, 3.05) is 19.0 Å². The molecule has 345 valence electrons. The van der Waals surface area contributed by atoms with Crippen LogP contribution in [-0.2, 0) is 38.7 Å². The molecule has 0 spiro atoms. The predicted octanol–water partition coefficient (Wildman–Crippen LogP) is 9.30. The summed E-state index contributed by atoms with van der Waals surface area (Å²) in [6.07, 6.45) is 27.1. The first-order chi connectivity index (χ1) is 28.0. The van der Waals surface area contributed by atoms with Crippen molar-refractivity contribution >= 4 is 51.6 Å². The van der Waals surface area contributed by atoms with Gasteiger partial charge >= 0.3 is 11.9 Å². The Morgan fingerprint density at radius 1 is 0.525 bits per heavy atom. The molecule has 1 radical (unpaired) electrons. The summed E-state index contributed by atoms with van der Waals surface area (Å²) in [5.41, 5.74) is 0. The summed E-state index contributed by atoms with van der Waals surface area (Å²) >= 11 is 0. The first kappa shape index (κ1) is 58.6. The summed E-state index contributed by atoms with van der Waals surface area (Å²) in [6, 6.07) is 0. The number of esters is 2. The fourth-order valence-electron chi connectivity index (χ4n) is 7.50. The fourth-order valence-corrected chi connectivity index (χ4v) is 8.19. The van der Waals surface area contributed by atoms with Gasteiger partial charge < -0.3 is 34.3 Å². The van der Waals surface area contributed by atoms with E-state index in [0.29, 0.717) is 12.8 Å². The van der Waals surface area contributed by atoms with E-state index in [-0.39, 0.29) is 49.0 Å². The van der Waals surface area contributed by atoms with Crippen LogP contribution < -0.4 is 0 Å². The summed E-state index contributed by atoms with van der Waals surface area (Å²) in [5.74, 6) is -1.96. The van der Waals surface area contributed by atoms with Gasteiger partial charge in [-0.05, 0) is 12.8 Å². The second-order valence-electron chi connectivity index (χ2n) is 16.8. The largest absolute Gasteiger partial charge is 0.462 e. The second kappa shape index (κ2) is 39.3. The zero-order valence-corrected chi connectivity index (χ0v) is 40.5. The Morgan fingerprint density at radius 2 is 0.881 bits per heavy atom. The normalized spacial score (nSPS) is 19.9. The van der Waals surface area contributed by atoms with E-state index in [9.17, 15) is 37.9 Å². The maximum Gasteiger partial charge on any atom is 0.306 e. The molecule has 1 heterocycles.